The molecule has 3 heteroatoms. The van der Waals surface area contributed by atoms with Gasteiger partial charge in [-0.25, -0.2) is 0 Å². The molecule has 0 saturated carbocycles. The smallest absolute Gasteiger partial charge is 0.0704 e. The highest BCUT2D eigenvalue weighted by molar-refractivity contribution is 4.76. The summed E-state index contributed by atoms with van der Waals surface area (Å²) >= 11 is 0. The van der Waals surface area contributed by atoms with E-state index < -0.39 is 0 Å². The van der Waals surface area contributed by atoms with Crippen LogP contribution in [0.25, 0.3) is 0 Å². The second-order valence-electron chi connectivity index (χ2n) is 4.37. The Hall–Kier alpha value is -0.120. The highest BCUT2D eigenvalue weighted by Crippen LogP contribution is 2.18. The molecule has 1 rings (SSSR count). The Balaban J connectivity index is 1.99. The molecular weight excluding hydrogens is 188 g/mol. The zero-order chi connectivity index (χ0) is 10.9. The monoisotopic (exact) mass is 214 g/mol. The molecule has 0 aliphatic carbocycles. The molecule has 3 nitrogen and oxygen atoms in total. The number of hydrogen-bond acceptors (Lipinski definition) is 3. The normalized spacial score (nSPS) is 26.0. The summed E-state index contributed by atoms with van der Waals surface area (Å²) in [6.07, 6.45) is 5.74. The van der Waals surface area contributed by atoms with Crippen LogP contribution in [0.4, 0.5) is 0 Å². The molecule has 2 N–H and O–H groups in total. The lowest BCUT2D eigenvalue weighted by atomic mass is 10.2. The van der Waals surface area contributed by atoms with E-state index in [4.69, 9.17) is 4.74 Å². The van der Waals surface area contributed by atoms with E-state index in [1.165, 1.54) is 25.7 Å². The molecule has 2 atom stereocenters. The standard InChI is InChI=1S/C12H26N2O/c1-3-7-13-9-11-5-6-12(15-11)10-14-8-4-2/h11-14H,3-10H2,1-2H3. The Morgan fingerprint density at radius 3 is 1.80 bits per heavy atom. The summed E-state index contributed by atoms with van der Waals surface area (Å²) in [4.78, 5) is 0. The molecule has 0 bridgehead atoms. The summed E-state index contributed by atoms with van der Waals surface area (Å²) in [5.74, 6) is 0. The quantitative estimate of drug-likeness (QED) is 0.601. The fourth-order valence-electron chi connectivity index (χ4n) is 1.96. The minimum atomic E-state index is 0.449. The Kier molecular flexibility index (Phi) is 6.98. The topological polar surface area (TPSA) is 33.3 Å². The first kappa shape index (κ1) is 12.9. The van der Waals surface area contributed by atoms with Crippen LogP contribution in [-0.4, -0.2) is 38.4 Å². The van der Waals surface area contributed by atoms with Crippen molar-refractivity contribution < 1.29 is 4.74 Å². The van der Waals surface area contributed by atoms with Gasteiger partial charge in [-0.15, -0.1) is 0 Å². The molecule has 1 aliphatic rings. The van der Waals surface area contributed by atoms with Gasteiger partial charge in [0.2, 0.25) is 0 Å². The molecule has 90 valence electrons. The average molecular weight is 214 g/mol. The lowest BCUT2D eigenvalue weighted by Crippen LogP contribution is -2.31. The van der Waals surface area contributed by atoms with E-state index in [2.05, 4.69) is 24.5 Å². The van der Waals surface area contributed by atoms with Crippen molar-refractivity contribution in [2.24, 2.45) is 0 Å². The summed E-state index contributed by atoms with van der Waals surface area (Å²) in [5.41, 5.74) is 0. The molecule has 0 aromatic carbocycles. The summed E-state index contributed by atoms with van der Waals surface area (Å²) < 4.78 is 5.93. The van der Waals surface area contributed by atoms with Crippen LogP contribution in [0.2, 0.25) is 0 Å². The third-order valence-corrected chi connectivity index (χ3v) is 2.79. The van der Waals surface area contributed by atoms with Gasteiger partial charge in [-0.2, -0.15) is 0 Å². The van der Waals surface area contributed by atoms with Crippen molar-refractivity contribution in [2.45, 2.75) is 51.7 Å². The zero-order valence-electron chi connectivity index (χ0n) is 10.2. The van der Waals surface area contributed by atoms with Crippen molar-refractivity contribution in [3.8, 4) is 0 Å². The SMILES string of the molecule is CCCNCC1CCC(CNCCC)O1. The Morgan fingerprint density at radius 2 is 1.40 bits per heavy atom. The molecule has 0 radical (unpaired) electrons. The lowest BCUT2D eigenvalue weighted by molar-refractivity contribution is 0.0460. The van der Waals surface area contributed by atoms with Gasteiger partial charge < -0.3 is 15.4 Å². The molecule has 1 fully saturated rings. The zero-order valence-corrected chi connectivity index (χ0v) is 10.2. The van der Waals surface area contributed by atoms with E-state index in [-0.39, 0.29) is 0 Å². The summed E-state index contributed by atoms with van der Waals surface area (Å²) in [7, 11) is 0. The van der Waals surface area contributed by atoms with Crippen molar-refractivity contribution in [2.75, 3.05) is 26.2 Å². The highest BCUT2D eigenvalue weighted by atomic mass is 16.5. The van der Waals surface area contributed by atoms with Gasteiger partial charge >= 0.3 is 0 Å². The maximum atomic E-state index is 5.93. The molecular formula is C12H26N2O. The number of rotatable bonds is 8. The van der Waals surface area contributed by atoms with Crippen LogP contribution < -0.4 is 10.6 Å². The van der Waals surface area contributed by atoms with Gasteiger partial charge in [0.25, 0.3) is 0 Å². The van der Waals surface area contributed by atoms with Crippen LogP contribution in [-0.2, 0) is 4.74 Å². The van der Waals surface area contributed by atoms with Gasteiger partial charge in [-0.3, -0.25) is 0 Å². The second-order valence-corrected chi connectivity index (χ2v) is 4.37. The summed E-state index contributed by atoms with van der Waals surface area (Å²) in [6.45, 7) is 8.66. The van der Waals surface area contributed by atoms with Gasteiger partial charge in [-0.05, 0) is 38.8 Å². The molecule has 0 aromatic rings. The minimum Gasteiger partial charge on any atom is -0.372 e. The number of ether oxygens (including phenoxy) is 1. The lowest BCUT2D eigenvalue weighted by Gasteiger charge is -2.14. The van der Waals surface area contributed by atoms with Gasteiger partial charge in [0.1, 0.15) is 0 Å². The van der Waals surface area contributed by atoms with E-state index >= 15 is 0 Å². The molecule has 0 amide bonds. The molecule has 1 aliphatic heterocycles. The first-order valence-corrected chi connectivity index (χ1v) is 6.43. The fourth-order valence-corrected chi connectivity index (χ4v) is 1.96. The second kappa shape index (κ2) is 8.08. The van der Waals surface area contributed by atoms with E-state index in [1.54, 1.807) is 0 Å². The fraction of sp³-hybridized carbons (Fsp3) is 1.00. The molecule has 0 spiro atoms. The van der Waals surface area contributed by atoms with Crippen LogP contribution in [0.5, 0.6) is 0 Å². The largest absolute Gasteiger partial charge is 0.372 e. The molecule has 0 aromatic heterocycles. The Morgan fingerprint density at radius 1 is 0.933 bits per heavy atom. The minimum absolute atomic E-state index is 0.449. The van der Waals surface area contributed by atoms with Gasteiger partial charge in [0, 0.05) is 13.1 Å². The van der Waals surface area contributed by atoms with Crippen LogP contribution in [0.15, 0.2) is 0 Å². The summed E-state index contributed by atoms with van der Waals surface area (Å²) in [5, 5.41) is 6.84. The van der Waals surface area contributed by atoms with E-state index in [9.17, 15) is 0 Å². The first-order valence-electron chi connectivity index (χ1n) is 6.43. The van der Waals surface area contributed by atoms with Crippen molar-refractivity contribution in [3.63, 3.8) is 0 Å². The number of nitrogens with one attached hydrogen (secondary N) is 2. The van der Waals surface area contributed by atoms with Gasteiger partial charge in [0.15, 0.2) is 0 Å². The molecule has 1 heterocycles. The predicted octanol–water partition coefficient (Wildman–Crippen LogP) is 1.53. The van der Waals surface area contributed by atoms with Crippen LogP contribution in [0, 0.1) is 0 Å². The van der Waals surface area contributed by atoms with Crippen molar-refractivity contribution in [1.82, 2.24) is 10.6 Å². The molecule has 15 heavy (non-hydrogen) atoms. The van der Waals surface area contributed by atoms with Crippen LogP contribution in [0.1, 0.15) is 39.5 Å². The Labute approximate surface area is 94.0 Å². The first-order chi connectivity index (χ1) is 7.36. The van der Waals surface area contributed by atoms with E-state index in [1.807, 2.05) is 0 Å². The van der Waals surface area contributed by atoms with E-state index in [0.717, 1.165) is 26.2 Å². The predicted molar refractivity (Wildman–Crippen MR) is 64.2 cm³/mol. The van der Waals surface area contributed by atoms with Gasteiger partial charge in [-0.1, -0.05) is 13.8 Å². The van der Waals surface area contributed by atoms with Gasteiger partial charge in [0.05, 0.1) is 12.2 Å². The van der Waals surface area contributed by atoms with Crippen molar-refractivity contribution in [1.29, 1.82) is 0 Å². The molecule has 2 unspecified atom stereocenters. The van der Waals surface area contributed by atoms with Crippen molar-refractivity contribution >= 4 is 0 Å². The maximum Gasteiger partial charge on any atom is 0.0704 e. The van der Waals surface area contributed by atoms with Crippen LogP contribution in [0.3, 0.4) is 0 Å². The third kappa shape index (κ3) is 5.50. The molecule has 1 saturated heterocycles. The third-order valence-electron chi connectivity index (χ3n) is 2.79. The Bertz CT molecular complexity index is 137. The van der Waals surface area contributed by atoms with Crippen molar-refractivity contribution in [3.05, 3.63) is 0 Å². The summed E-state index contributed by atoms with van der Waals surface area (Å²) in [6, 6.07) is 0. The van der Waals surface area contributed by atoms with E-state index in [0.29, 0.717) is 12.2 Å². The average Bonchev–Trinajstić information content (AvgIpc) is 2.67. The van der Waals surface area contributed by atoms with Crippen LogP contribution >= 0.6 is 0 Å². The number of hydrogen-bond donors (Lipinski definition) is 2. The highest BCUT2D eigenvalue weighted by Gasteiger charge is 2.23. The maximum absolute atomic E-state index is 5.93.